The van der Waals surface area contributed by atoms with Crippen LogP contribution in [0.2, 0.25) is 0 Å². The number of rotatable bonds is 6. The van der Waals surface area contributed by atoms with E-state index in [1.807, 2.05) is 18.2 Å². The Morgan fingerprint density at radius 1 is 0.852 bits per heavy atom. The minimum Gasteiger partial charge on any atom is -0.507 e. The smallest absolute Gasteiger partial charge is 0.310 e. The summed E-state index contributed by atoms with van der Waals surface area (Å²) in [5, 5.41) is 37.1. The predicted molar refractivity (Wildman–Crippen MR) is 94.4 cm³/mol. The van der Waals surface area contributed by atoms with Crippen LogP contribution in [0.15, 0.2) is 77.3 Å². The first-order valence-corrected chi connectivity index (χ1v) is 7.65. The van der Waals surface area contributed by atoms with Gasteiger partial charge in [-0.1, -0.05) is 36.4 Å². The van der Waals surface area contributed by atoms with E-state index < -0.39 is 16.4 Å². The quantitative estimate of drug-likeness (QED) is 0.377. The minimum absolute atomic E-state index is 0.00936. The summed E-state index contributed by atoms with van der Waals surface area (Å²) in [6.07, 6.45) is 0. The zero-order valence-corrected chi connectivity index (χ0v) is 13.7. The van der Waals surface area contributed by atoms with E-state index in [0.717, 1.165) is 17.7 Å². The van der Waals surface area contributed by atoms with E-state index in [0.29, 0.717) is 5.56 Å². The van der Waals surface area contributed by atoms with Crippen molar-refractivity contribution in [1.82, 2.24) is 0 Å². The van der Waals surface area contributed by atoms with Crippen LogP contribution in [-0.4, -0.2) is 15.1 Å². The zero-order chi connectivity index (χ0) is 19.2. The minimum atomic E-state index is -0.725. The molecule has 0 aliphatic carbocycles. The predicted octanol–water partition coefficient (Wildman–Crippen LogP) is 4.41. The second-order valence-corrected chi connectivity index (χ2v) is 5.27. The van der Waals surface area contributed by atoms with E-state index in [1.165, 1.54) is 12.1 Å². The number of phenolic OH excluding ortho intramolecular Hbond substituents is 2. The fourth-order valence-corrected chi connectivity index (χ4v) is 2.33. The van der Waals surface area contributed by atoms with Gasteiger partial charge < -0.3 is 19.9 Å². The molecule has 9 heteroatoms. The van der Waals surface area contributed by atoms with Crippen LogP contribution in [0, 0.1) is 10.1 Å². The SMILES string of the molecule is O=[N+]([O-])c1ccc(ON=NOc2cccc(O)c2-c2ccccc2)cc1O. The summed E-state index contributed by atoms with van der Waals surface area (Å²) in [5.41, 5.74) is 0.704. The van der Waals surface area contributed by atoms with Crippen LogP contribution in [0.3, 0.4) is 0 Å². The summed E-state index contributed by atoms with van der Waals surface area (Å²) in [5.74, 6) is -0.271. The third-order valence-corrected chi connectivity index (χ3v) is 3.53. The van der Waals surface area contributed by atoms with Crippen LogP contribution in [-0.2, 0) is 0 Å². The molecule has 27 heavy (non-hydrogen) atoms. The summed E-state index contributed by atoms with van der Waals surface area (Å²) >= 11 is 0. The first-order chi connectivity index (χ1) is 13.1. The topological polar surface area (TPSA) is 127 Å². The molecule has 0 radical (unpaired) electrons. The van der Waals surface area contributed by atoms with Crippen molar-refractivity contribution in [1.29, 1.82) is 0 Å². The highest BCUT2D eigenvalue weighted by molar-refractivity contribution is 5.76. The van der Waals surface area contributed by atoms with Gasteiger partial charge in [-0.2, -0.15) is 0 Å². The van der Waals surface area contributed by atoms with Crippen molar-refractivity contribution in [3.8, 4) is 34.1 Å². The van der Waals surface area contributed by atoms with Gasteiger partial charge in [0.1, 0.15) is 5.75 Å². The van der Waals surface area contributed by atoms with Crippen molar-refractivity contribution < 1.29 is 24.8 Å². The van der Waals surface area contributed by atoms with Gasteiger partial charge in [-0.25, -0.2) is 0 Å². The standard InChI is InChI=1S/C18H13N3O6/c22-15-7-4-8-17(18(15)12-5-2-1-3-6-12)27-20-19-26-13-9-10-14(21(24)25)16(23)11-13/h1-11,22-23H. The van der Waals surface area contributed by atoms with Crippen LogP contribution in [0.5, 0.6) is 23.0 Å². The first-order valence-electron chi connectivity index (χ1n) is 7.65. The van der Waals surface area contributed by atoms with E-state index in [2.05, 4.69) is 10.6 Å². The number of benzene rings is 3. The summed E-state index contributed by atoms with van der Waals surface area (Å²) in [4.78, 5) is 20.0. The Hall–Kier alpha value is -4.14. The third-order valence-electron chi connectivity index (χ3n) is 3.53. The normalized spacial score (nSPS) is 10.7. The maximum absolute atomic E-state index is 10.6. The van der Waals surface area contributed by atoms with Crippen molar-refractivity contribution in [2.45, 2.75) is 0 Å². The Morgan fingerprint density at radius 3 is 2.30 bits per heavy atom. The summed E-state index contributed by atoms with van der Waals surface area (Å²) in [6.45, 7) is 0. The molecule has 0 aliphatic heterocycles. The molecular formula is C18H13N3O6. The number of nitro benzene ring substituents is 1. The highest BCUT2D eigenvalue weighted by atomic mass is 16.7. The lowest BCUT2D eigenvalue weighted by Gasteiger charge is -2.08. The van der Waals surface area contributed by atoms with Gasteiger partial charge in [0, 0.05) is 12.1 Å². The van der Waals surface area contributed by atoms with Gasteiger partial charge in [0.2, 0.25) is 0 Å². The van der Waals surface area contributed by atoms with E-state index in [-0.39, 0.29) is 17.2 Å². The molecule has 0 aliphatic rings. The lowest BCUT2D eigenvalue weighted by molar-refractivity contribution is -0.385. The molecule has 136 valence electrons. The molecular weight excluding hydrogens is 354 g/mol. The largest absolute Gasteiger partial charge is 0.507 e. The Kier molecular flexibility index (Phi) is 5.12. The number of hydrogen-bond acceptors (Lipinski definition) is 8. The third kappa shape index (κ3) is 4.10. The van der Waals surface area contributed by atoms with E-state index in [4.69, 9.17) is 9.68 Å². The molecule has 9 nitrogen and oxygen atoms in total. The molecule has 3 aromatic rings. The number of nitrogens with zero attached hydrogens (tertiary/aromatic N) is 3. The number of hydrogen-bond donors (Lipinski definition) is 2. The average molecular weight is 367 g/mol. The van der Waals surface area contributed by atoms with Crippen LogP contribution >= 0.6 is 0 Å². The average Bonchev–Trinajstić information content (AvgIpc) is 2.66. The molecule has 0 fully saturated rings. The Balaban J connectivity index is 1.73. The molecule has 0 unspecified atom stereocenters. The van der Waals surface area contributed by atoms with Gasteiger partial charge in [-0.15, -0.1) is 0 Å². The van der Waals surface area contributed by atoms with Crippen molar-refractivity contribution in [2.24, 2.45) is 10.6 Å². The van der Waals surface area contributed by atoms with Crippen molar-refractivity contribution in [3.63, 3.8) is 0 Å². The van der Waals surface area contributed by atoms with E-state index in [1.54, 1.807) is 24.3 Å². The fourth-order valence-electron chi connectivity index (χ4n) is 2.33. The monoisotopic (exact) mass is 367 g/mol. The van der Waals surface area contributed by atoms with E-state index >= 15 is 0 Å². The Morgan fingerprint density at radius 2 is 1.59 bits per heavy atom. The zero-order valence-electron chi connectivity index (χ0n) is 13.7. The van der Waals surface area contributed by atoms with Gasteiger partial charge in [0.05, 0.1) is 21.0 Å². The van der Waals surface area contributed by atoms with Crippen LogP contribution in [0.25, 0.3) is 11.1 Å². The number of aromatic hydroxyl groups is 2. The maximum Gasteiger partial charge on any atom is 0.310 e. The lowest BCUT2D eigenvalue weighted by Crippen LogP contribution is -1.91. The Labute approximate surface area is 152 Å². The number of phenols is 2. The molecule has 3 rings (SSSR count). The van der Waals surface area contributed by atoms with Crippen LogP contribution in [0.4, 0.5) is 5.69 Å². The molecule has 0 bridgehead atoms. The van der Waals surface area contributed by atoms with Crippen molar-refractivity contribution in [2.75, 3.05) is 0 Å². The van der Waals surface area contributed by atoms with Gasteiger partial charge in [-0.3, -0.25) is 10.1 Å². The highest BCUT2D eigenvalue weighted by Gasteiger charge is 2.14. The van der Waals surface area contributed by atoms with Crippen LogP contribution < -0.4 is 9.68 Å². The summed E-state index contributed by atoms with van der Waals surface area (Å²) in [7, 11) is 0. The van der Waals surface area contributed by atoms with Gasteiger partial charge >= 0.3 is 5.69 Å². The first kappa shape index (κ1) is 17.7. The molecule has 0 amide bonds. The molecule has 3 aromatic carbocycles. The molecule has 0 aromatic heterocycles. The van der Waals surface area contributed by atoms with E-state index in [9.17, 15) is 20.3 Å². The van der Waals surface area contributed by atoms with Crippen LogP contribution in [0.1, 0.15) is 0 Å². The van der Waals surface area contributed by atoms with Gasteiger partial charge in [-0.05, 0) is 23.8 Å². The maximum atomic E-state index is 10.6. The van der Waals surface area contributed by atoms with Gasteiger partial charge in [0.25, 0.3) is 0 Å². The lowest BCUT2D eigenvalue weighted by atomic mass is 10.0. The van der Waals surface area contributed by atoms with Gasteiger partial charge in [0.15, 0.2) is 17.2 Å². The fraction of sp³-hybridized carbons (Fsp3) is 0. The van der Waals surface area contributed by atoms with Crippen molar-refractivity contribution in [3.05, 3.63) is 76.8 Å². The molecule has 0 atom stereocenters. The molecule has 0 spiro atoms. The summed E-state index contributed by atoms with van der Waals surface area (Å²) < 4.78 is 0. The molecule has 0 heterocycles. The molecule has 0 saturated heterocycles. The second-order valence-electron chi connectivity index (χ2n) is 5.27. The van der Waals surface area contributed by atoms with Crippen molar-refractivity contribution >= 4 is 5.69 Å². The molecule has 2 N–H and O–H groups in total. The Bertz CT molecular complexity index is 992. The highest BCUT2D eigenvalue weighted by Crippen LogP contribution is 2.37. The second kappa shape index (κ2) is 7.83. The molecule has 0 saturated carbocycles. The number of nitro groups is 1. The summed E-state index contributed by atoms with van der Waals surface area (Å²) in [6, 6.07) is 17.1.